The number of nitrogens with zero attached hydrogens (tertiary/aromatic N) is 5. The van der Waals surface area contributed by atoms with E-state index in [2.05, 4.69) is 16.0 Å². The van der Waals surface area contributed by atoms with Gasteiger partial charge in [-0.2, -0.15) is 5.26 Å². The van der Waals surface area contributed by atoms with Crippen LogP contribution < -0.4 is 0 Å². The number of carbonyl (C=O) groups excluding carboxylic acids is 1. The molecule has 1 saturated heterocycles. The van der Waals surface area contributed by atoms with Crippen LogP contribution >= 0.6 is 0 Å². The number of carbonyl (C=O) groups is 1. The van der Waals surface area contributed by atoms with Gasteiger partial charge in [0.15, 0.2) is 5.76 Å². The Morgan fingerprint density at radius 3 is 2.19 bits per heavy atom. The summed E-state index contributed by atoms with van der Waals surface area (Å²) in [6.45, 7) is 11.8. The maximum atomic E-state index is 12.4. The van der Waals surface area contributed by atoms with E-state index in [0.29, 0.717) is 43.2 Å². The Balaban J connectivity index is 3.17. The van der Waals surface area contributed by atoms with Crippen LogP contribution in [0.2, 0.25) is 0 Å². The number of aliphatic imine (C=N–C) groups is 1. The highest BCUT2D eigenvalue weighted by Gasteiger charge is 2.28. The first-order valence-corrected chi connectivity index (χ1v) is 10.6. The fourth-order valence-electron chi connectivity index (χ4n) is 3.04. The smallest absolute Gasteiger partial charge is 0.410 e. The number of amides is 1. The summed E-state index contributed by atoms with van der Waals surface area (Å²) in [7, 11) is 5.31. The molecular formula is C23H37N5O3. The Bertz CT molecular complexity index is 774. The highest BCUT2D eigenvalue weighted by atomic mass is 16.6. The van der Waals surface area contributed by atoms with Crippen molar-refractivity contribution in [1.82, 2.24) is 14.7 Å². The quantitative estimate of drug-likeness (QED) is 0.201. The van der Waals surface area contributed by atoms with E-state index in [0.717, 1.165) is 12.1 Å². The number of methoxy groups -OCH3 is 1. The SMILES string of the molecule is C\C=C(N=CN(C)C)/C(C#N)=C(OC)\C(=C\CC)N1CCN(C(=O)OC(C)(C)C)CC1. The number of allylic oxidation sites excluding steroid dienone is 3. The first kappa shape index (κ1) is 26.1. The highest BCUT2D eigenvalue weighted by Crippen LogP contribution is 2.26. The first-order chi connectivity index (χ1) is 14.6. The van der Waals surface area contributed by atoms with Gasteiger partial charge in [-0.25, -0.2) is 9.79 Å². The molecular weight excluding hydrogens is 394 g/mol. The van der Waals surface area contributed by atoms with E-state index < -0.39 is 5.60 Å². The average molecular weight is 432 g/mol. The van der Waals surface area contributed by atoms with Gasteiger partial charge in [-0.3, -0.25) is 0 Å². The molecule has 172 valence electrons. The van der Waals surface area contributed by atoms with Crippen molar-refractivity contribution >= 4 is 12.4 Å². The van der Waals surface area contributed by atoms with E-state index in [1.54, 1.807) is 24.4 Å². The van der Waals surface area contributed by atoms with E-state index >= 15 is 0 Å². The van der Waals surface area contributed by atoms with Crippen LogP contribution in [0.3, 0.4) is 0 Å². The molecule has 1 heterocycles. The summed E-state index contributed by atoms with van der Waals surface area (Å²) < 4.78 is 11.2. The Hall–Kier alpha value is -2.95. The lowest BCUT2D eigenvalue weighted by atomic mass is 10.1. The molecule has 0 atom stereocenters. The Morgan fingerprint density at radius 1 is 1.19 bits per heavy atom. The fourth-order valence-corrected chi connectivity index (χ4v) is 3.04. The molecule has 31 heavy (non-hydrogen) atoms. The van der Waals surface area contributed by atoms with Gasteiger partial charge in [0, 0.05) is 40.3 Å². The second kappa shape index (κ2) is 12.0. The summed E-state index contributed by atoms with van der Waals surface area (Å²) in [6.07, 6.45) is 5.97. The molecule has 1 fully saturated rings. The van der Waals surface area contributed by atoms with Crippen LogP contribution in [-0.2, 0) is 9.47 Å². The van der Waals surface area contributed by atoms with Gasteiger partial charge in [0.25, 0.3) is 0 Å². The molecule has 8 heteroatoms. The van der Waals surface area contributed by atoms with Gasteiger partial charge in [0.1, 0.15) is 17.2 Å². The largest absolute Gasteiger partial charge is 0.493 e. The summed E-state index contributed by atoms with van der Waals surface area (Å²) in [4.78, 5) is 22.5. The Morgan fingerprint density at radius 2 is 1.77 bits per heavy atom. The van der Waals surface area contributed by atoms with E-state index in [-0.39, 0.29) is 6.09 Å². The predicted octanol–water partition coefficient (Wildman–Crippen LogP) is 3.75. The molecule has 0 aromatic rings. The average Bonchev–Trinajstić information content (AvgIpc) is 2.71. The zero-order valence-electron chi connectivity index (χ0n) is 20.2. The standard InChI is InChI=1S/C23H37N5O3/c1-9-11-20(21(30-8)18(16-24)19(10-2)25-17-26(6)7)27-12-14-28(15-13-27)22(29)31-23(3,4)5/h10-11,17H,9,12-15H2,1-8H3/b19-10+,20-11-,21-18+,25-17?. The van der Waals surface area contributed by atoms with Crippen molar-refractivity contribution < 1.29 is 14.3 Å². The minimum absolute atomic E-state index is 0.303. The third kappa shape index (κ3) is 8.00. The molecule has 1 aliphatic rings. The molecule has 0 saturated carbocycles. The molecule has 0 aromatic carbocycles. The van der Waals surface area contributed by atoms with Gasteiger partial charge in [-0.1, -0.05) is 19.1 Å². The topological polar surface area (TPSA) is 81.4 Å². The lowest BCUT2D eigenvalue weighted by Gasteiger charge is -2.38. The predicted molar refractivity (Wildman–Crippen MR) is 123 cm³/mol. The van der Waals surface area contributed by atoms with Gasteiger partial charge in [-0.05, 0) is 34.1 Å². The zero-order valence-corrected chi connectivity index (χ0v) is 20.2. The van der Waals surface area contributed by atoms with Crippen LogP contribution in [0, 0.1) is 11.3 Å². The summed E-state index contributed by atoms with van der Waals surface area (Å²) in [5.74, 6) is 0.485. The number of piperazine rings is 1. The summed E-state index contributed by atoms with van der Waals surface area (Å²) in [5.41, 5.74) is 1.23. The van der Waals surface area contributed by atoms with Crippen LogP contribution in [0.15, 0.2) is 39.9 Å². The summed E-state index contributed by atoms with van der Waals surface area (Å²) in [6, 6.07) is 2.26. The van der Waals surface area contributed by atoms with Gasteiger partial charge >= 0.3 is 6.09 Å². The molecule has 0 spiro atoms. The van der Waals surface area contributed by atoms with Gasteiger partial charge < -0.3 is 24.2 Å². The van der Waals surface area contributed by atoms with Crippen molar-refractivity contribution in [2.24, 2.45) is 4.99 Å². The minimum atomic E-state index is -0.523. The monoisotopic (exact) mass is 431 g/mol. The van der Waals surface area contributed by atoms with Crippen molar-refractivity contribution in [3.63, 3.8) is 0 Å². The molecule has 0 unspecified atom stereocenters. The van der Waals surface area contributed by atoms with E-state index in [9.17, 15) is 10.1 Å². The minimum Gasteiger partial charge on any atom is -0.493 e. The van der Waals surface area contributed by atoms with Crippen LogP contribution in [0.5, 0.6) is 0 Å². The van der Waals surface area contributed by atoms with Crippen molar-refractivity contribution in [1.29, 1.82) is 5.26 Å². The third-order valence-corrected chi connectivity index (χ3v) is 4.40. The van der Waals surface area contributed by atoms with Crippen molar-refractivity contribution in [3.8, 4) is 6.07 Å². The molecule has 0 N–H and O–H groups in total. The molecule has 0 aliphatic carbocycles. The maximum Gasteiger partial charge on any atom is 0.410 e. The van der Waals surface area contributed by atoms with Crippen molar-refractivity contribution in [2.45, 2.75) is 46.6 Å². The van der Waals surface area contributed by atoms with Gasteiger partial charge in [0.05, 0.1) is 24.8 Å². The number of hydrogen-bond acceptors (Lipinski definition) is 6. The third-order valence-electron chi connectivity index (χ3n) is 4.40. The molecule has 1 rings (SSSR count). The van der Waals surface area contributed by atoms with Gasteiger partial charge in [0.2, 0.25) is 0 Å². The second-order valence-electron chi connectivity index (χ2n) is 8.35. The summed E-state index contributed by atoms with van der Waals surface area (Å²) in [5, 5.41) is 9.90. The second-order valence-corrected chi connectivity index (χ2v) is 8.35. The van der Waals surface area contributed by atoms with E-state index in [4.69, 9.17) is 9.47 Å². The van der Waals surface area contributed by atoms with Crippen LogP contribution in [0.25, 0.3) is 0 Å². The number of nitriles is 1. The first-order valence-electron chi connectivity index (χ1n) is 10.6. The van der Waals surface area contributed by atoms with E-state index in [1.165, 1.54) is 0 Å². The fraction of sp³-hybridized carbons (Fsp3) is 0.609. The maximum absolute atomic E-state index is 12.4. The summed E-state index contributed by atoms with van der Waals surface area (Å²) >= 11 is 0. The van der Waals surface area contributed by atoms with Crippen LogP contribution in [0.1, 0.15) is 41.0 Å². The lowest BCUT2D eigenvalue weighted by molar-refractivity contribution is 0.0166. The number of ether oxygens (including phenoxy) is 2. The van der Waals surface area contributed by atoms with Crippen LogP contribution in [-0.4, -0.2) is 80.1 Å². The molecule has 8 nitrogen and oxygen atoms in total. The van der Waals surface area contributed by atoms with Crippen molar-refractivity contribution in [2.75, 3.05) is 47.4 Å². The molecule has 0 bridgehead atoms. The van der Waals surface area contributed by atoms with E-state index in [1.807, 2.05) is 59.7 Å². The molecule has 1 aliphatic heterocycles. The number of rotatable bonds is 7. The van der Waals surface area contributed by atoms with Gasteiger partial charge in [-0.15, -0.1) is 0 Å². The molecule has 0 radical (unpaired) electrons. The van der Waals surface area contributed by atoms with Crippen molar-refractivity contribution in [3.05, 3.63) is 34.9 Å². The lowest BCUT2D eigenvalue weighted by Crippen LogP contribution is -2.49. The highest BCUT2D eigenvalue weighted by molar-refractivity contribution is 5.68. The molecule has 0 aromatic heterocycles. The Kier molecular flexibility index (Phi) is 10.1. The molecule has 1 amide bonds. The number of hydrogen-bond donors (Lipinski definition) is 0. The zero-order chi connectivity index (χ0) is 23.6. The Labute approximate surface area is 187 Å². The van der Waals surface area contributed by atoms with Crippen LogP contribution in [0.4, 0.5) is 4.79 Å². The normalized spacial score (nSPS) is 16.7.